The lowest BCUT2D eigenvalue weighted by Crippen LogP contribution is -2.30. The van der Waals surface area contributed by atoms with Gasteiger partial charge in [0, 0.05) is 57.5 Å². The molecule has 0 bridgehead atoms. The highest BCUT2D eigenvalue weighted by atomic mass is 127. The number of fused-ring (bicyclic) bond motifs is 1. The first-order chi connectivity index (χ1) is 14.3. The van der Waals surface area contributed by atoms with E-state index < -0.39 is 0 Å². The SMILES string of the molecule is CN=C(NCc1cccc2c1OCCCO2)Nc1cccc(OCCCOC)c1.I. The molecule has 30 heavy (non-hydrogen) atoms. The molecule has 0 saturated heterocycles. The van der Waals surface area contributed by atoms with Gasteiger partial charge in [-0.25, -0.2) is 0 Å². The summed E-state index contributed by atoms with van der Waals surface area (Å²) >= 11 is 0. The van der Waals surface area contributed by atoms with Gasteiger partial charge in [-0.2, -0.15) is 0 Å². The average Bonchev–Trinajstić information content (AvgIpc) is 3.00. The number of para-hydroxylation sites is 1. The Bertz CT molecular complexity index is 817. The summed E-state index contributed by atoms with van der Waals surface area (Å²) in [6.07, 6.45) is 1.74. The highest BCUT2D eigenvalue weighted by Crippen LogP contribution is 2.33. The smallest absolute Gasteiger partial charge is 0.195 e. The number of benzene rings is 2. The van der Waals surface area contributed by atoms with Crippen LogP contribution in [0.4, 0.5) is 5.69 Å². The number of nitrogens with zero attached hydrogens (tertiary/aromatic N) is 1. The maximum atomic E-state index is 5.88. The maximum Gasteiger partial charge on any atom is 0.195 e. The third-order valence-electron chi connectivity index (χ3n) is 4.38. The summed E-state index contributed by atoms with van der Waals surface area (Å²) in [6, 6.07) is 13.8. The van der Waals surface area contributed by atoms with E-state index >= 15 is 0 Å². The van der Waals surface area contributed by atoms with Gasteiger partial charge in [0.2, 0.25) is 0 Å². The normalized spacial score (nSPS) is 13.1. The van der Waals surface area contributed by atoms with Gasteiger partial charge in [0.1, 0.15) is 5.75 Å². The average molecular weight is 527 g/mol. The van der Waals surface area contributed by atoms with Crippen LogP contribution in [0, 0.1) is 0 Å². The Labute approximate surface area is 195 Å². The zero-order valence-electron chi connectivity index (χ0n) is 17.5. The van der Waals surface area contributed by atoms with Crippen LogP contribution in [0.2, 0.25) is 0 Å². The Balaban J connectivity index is 0.00000320. The molecule has 1 heterocycles. The van der Waals surface area contributed by atoms with Gasteiger partial charge < -0.3 is 29.6 Å². The van der Waals surface area contributed by atoms with Crippen molar-refractivity contribution in [2.45, 2.75) is 19.4 Å². The lowest BCUT2D eigenvalue weighted by Gasteiger charge is -2.16. The molecule has 0 amide bonds. The van der Waals surface area contributed by atoms with Gasteiger partial charge in [0.15, 0.2) is 17.5 Å². The van der Waals surface area contributed by atoms with Crippen LogP contribution in [0.1, 0.15) is 18.4 Å². The molecule has 164 valence electrons. The van der Waals surface area contributed by atoms with Crippen molar-refractivity contribution < 1.29 is 18.9 Å². The molecule has 2 aromatic rings. The lowest BCUT2D eigenvalue weighted by atomic mass is 10.2. The van der Waals surface area contributed by atoms with Crippen molar-refractivity contribution in [3.8, 4) is 17.2 Å². The number of halogens is 1. The third-order valence-corrected chi connectivity index (χ3v) is 4.38. The van der Waals surface area contributed by atoms with Gasteiger partial charge >= 0.3 is 0 Å². The summed E-state index contributed by atoms with van der Waals surface area (Å²) in [6.45, 7) is 3.21. The van der Waals surface area contributed by atoms with Crippen LogP contribution in [0.15, 0.2) is 47.5 Å². The second-order valence-corrected chi connectivity index (χ2v) is 6.57. The number of aliphatic imine (C=N–C) groups is 1. The number of anilines is 1. The third kappa shape index (κ3) is 7.24. The lowest BCUT2D eigenvalue weighted by molar-refractivity contribution is 0.172. The number of ether oxygens (including phenoxy) is 4. The summed E-state index contributed by atoms with van der Waals surface area (Å²) in [5, 5.41) is 6.63. The van der Waals surface area contributed by atoms with Gasteiger partial charge in [-0.1, -0.05) is 18.2 Å². The van der Waals surface area contributed by atoms with Gasteiger partial charge in [0.25, 0.3) is 0 Å². The van der Waals surface area contributed by atoms with E-state index in [-0.39, 0.29) is 24.0 Å². The number of nitrogens with one attached hydrogen (secondary N) is 2. The second kappa shape index (κ2) is 13.2. The van der Waals surface area contributed by atoms with Crippen molar-refractivity contribution in [2.75, 3.05) is 45.9 Å². The minimum atomic E-state index is 0. The van der Waals surface area contributed by atoms with Crippen LogP contribution in [0.5, 0.6) is 17.2 Å². The fourth-order valence-corrected chi connectivity index (χ4v) is 2.94. The Kier molecular flexibility index (Phi) is 10.6. The maximum absolute atomic E-state index is 5.88. The van der Waals surface area contributed by atoms with Crippen LogP contribution in [-0.4, -0.2) is 46.5 Å². The van der Waals surface area contributed by atoms with Crippen LogP contribution in [0.25, 0.3) is 0 Å². The molecule has 0 unspecified atom stereocenters. The number of hydrogen-bond donors (Lipinski definition) is 2. The van der Waals surface area contributed by atoms with Crippen molar-refractivity contribution >= 4 is 35.6 Å². The highest BCUT2D eigenvalue weighted by molar-refractivity contribution is 14.0. The quantitative estimate of drug-likeness (QED) is 0.234. The number of rotatable bonds is 8. The van der Waals surface area contributed by atoms with Crippen molar-refractivity contribution in [1.82, 2.24) is 5.32 Å². The molecular formula is C22H30IN3O4. The van der Waals surface area contributed by atoms with Crippen molar-refractivity contribution in [3.05, 3.63) is 48.0 Å². The summed E-state index contributed by atoms with van der Waals surface area (Å²) in [7, 11) is 3.43. The van der Waals surface area contributed by atoms with Crippen LogP contribution >= 0.6 is 24.0 Å². The van der Waals surface area contributed by atoms with Crippen molar-refractivity contribution in [2.24, 2.45) is 4.99 Å². The molecule has 2 aromatic carbocycles. The van der Waals surface area contributed by atoms with E-state index in [9.17, 15) is 0 Å². The van der Waals surface area contributed by atoms with E-state index in [1.54, 1.807) is 14.2 Å². The topological polar surface area (TPSA) is 73.3 Å². The molecule has 0 spiro atoms. The molecular weight excluding hydrogens is 497 g/mol. The first-order valence-corrected chi connectivity index (χ1v) is 9.87. The molecule has 3 rings (SSSR count). The summed E-state index contributed by atoms with van der Waals surface area (Å²) in [5.74, 6) is 3.07. The Hall–Kier alpha value is -2.20. The van der Waals surface area contributed by atoms with Crippen molar-refractivity contribution in [1.29, 1.82) is 0 Å². The van der Waals surface area contributed by atoms with Crippen LogP contribution in [-0.2, 0) is 11.3 Å². The van der Waals surface area contributed by atoms with E-state index in [1.807, 2.05) is 42.5 Å². The van der Waals surface area contributed by atoms with Gasteiger partial charge in [-0.3, -0.25) is 4.99 Å². The monoisotopic (exact) mass is 527 g/mol. The Morgan fingerprint density at radius 2 is 1.93 bits per heavy atom. The van der Waals surface area contributed by atoms with Crippen molar-refractivity contribution in [3.63, 3.8) is 0 Å². The number of methoxy groups -OCH3 is 1. The predicted molar refractivity (Wildman–Crippen MR) is 130 cm³/mol. The summed E-state index contributed by atoms with van der Waals surface area (Å²) in [4.78, 5) is 4.31. The molecule has 0 aromatic heterocycles. The minimum Gasteiger partial charge on any atom is -0.493 e. The Morgan fingerprint density at radius 1 is 1.10 bits per heavy atom. The molecule has 0 fully saturated rings. The zero-order valence-corrected chi connectivity index (χ0v) is 19.8. The predicted octanol–water partition coefficient (Wildman–Crippen LogP) is 4.07. The molecule has 7 nitrogen and oxygen atoms in total. The highest BCUT2D eigenvalue weighted by Gasteiger charge is 2.14. The zero-order chi connectivity index (χ0) is 20.3. The minimum absolute atomic E-state index is 0. The van der Waals surface area contributed by atoms with E-state index in [4.69, 9.17) is 18.9 Å². The second-order valence-electron chi connectivity index (χ2n) is 6.57. The fourth-order valence-electron chi connectivity index (χ4n) is 2.94. The number of hydrogen-bond acceptors (Lipinski definition) is 5. The van der Waals surface area contributed by atoms with Gasteiger partial charge in [0.05, 0.1) is 19.8 Å². The molecule has 0 saturated carbocycles. The van der Waals surface area contributed by atoms with E-state index in [0.717, 1.165) is 41.3 Å². The molecule has 2 N–H and O–H groups in total. The van der Waals surface area contributed by atoms with E-state index in [1.165, 1.54) is 0 Å². The standard InChI is InChI=1S/C22H29N3O4.HI/c1-23-22(25-18-8-4-9-19(15-18)27-12-5-11-26-2)24-16-17-7-3-10-20-21(17)29-14-6-13-28-20;/h3-4,7-10,15H,5-6,11-14,16H2,1-2H3,(H2,23,24,25);1H. The van der Waals surface area contributed by atoms with Gasteiger partial charge in [-0.15, -0.1) is 24.0 Å². The molecule has 0 atom stereocenters. The van der Waals surface area contributed by atoms with E-state index in [2.05, 4.69) is 15.6 Å². The van der Waals surface area contributed by atoms with Crippen LogP contribution < -0.4 is 24.8 Å². The molecule has 0 radical (unpaired) electrons. The van der Waals surface area contributed by atoms with Crippen LogP contribution in [0.3, 0.4) is 0 Å². The first-order valence-electron chi connectivity index (χ1n) is 9.87. The largest absolute Gasteiger partial charge is 0.493 e. The molecule has 1 aliphatic rings. The summed E-state index contributed by atoms with van der Waals surface area (Å²) < 4.78 is 22.4. The first kappa shape index (κ1) is 24.1. The van der Waals surface area contributed by atoms with E-state index in [0.29, 0.717) is 38.9 Å². The Morgan fingerprint density at radius 3 is 2.77 bits per heavy atom. The molecule has 1 aliphatic heterocycles. The molecule has 0 aliphatic carbocycles. The number of guanidine groups is 1. The van der Waals surface area contributed by atoms with Gasteiger partial charge in [-0.05, 0) is 18.2 Å². The fraction of sp³-hybridized carbons (Fsp3) is 0.409. The molecule has 8 heteroatoms. The summed E-state index contributed by atoms with van der Waals surface area (Å²) in [5.41, 5.74) is 1.93.